The fourth-order valence-electron chi connectivity index (χ4n) is 1.73. The minimum absolute atomic E-state index is 0.0940. The van der Waals surface area contributed by atoms with E-state index < -0.39 is 11.9 Å². The Hall–Kier alpha value is -1.86. The first kappa shape index (κ1) is 17.5. The molecule has 0 bridgehead atoms. The SMILES string of the molecule is Cc1ccc(OCC(=O)Oc2ccc(C(=O)O)cc2Br)c(Br)c1. The zero-order valence-electron chi connectivity index (χ0n) is 12.0. The first-order valence-corrected chi connectivity index (χ1v) is 8.08. The molecule has 5 nitrogen and oxygen atoms in total. The van der Waals surface area contributed by atoms with E-state index in [4.69, 9.17) is 14.6 Å². The van der Waals surface area contributed by atoms with Gasteiger partial charge in [-0.05, 0) is 74.7 Å². The van der Waals surface area contributed by atoms with Crippen LogP contribution in [0.15, 0.2) is 45.3 Å². The molecule has 2 rings (SSSR count). The Morgan fingerprint density at radius 1 is 1.04 bits per heavy atom. The number of carbonyl (C=O) groups is 2. The summed E-state index contributed by atoms with van der Waals surface area (Å²) in [6.07, 6.45) is 0. The fourth-order valence-corrected chi connectivity index (χ4v) is 2.80. The van der Waals surface area contributed by atoms with E-state index in [0.717, 1.165) is 10.0 Å². The summed E-state index contributed by atoms with van der Waals surface area (Å²) in [6, 6.07) is 9.63. The van der Waals surface area contributed by atoms with E-state index in [-0.39, 0.29) is 17.9 Å². The Bertz CT molecular complexity index is 758. The Morgan fingerprint density at radius 2 is 1.70 bits per heavy atom. The van der Waals surface area contributed by atoms with Crippen molar-refractivity contribution in [2.75, 3.05) is 6.61 Å². The lowest BCUT2D eigenvalue weighted by atomic mass is 10.2. The van der Waals surface area contributed by atoms with Crippen LogP contribution < -0.4 is 9.47 Å². The predicted octanol–water partition coefficient (Wildman–Crippen LogP) is 4.20. The molecule has 0 heterocycles. The number of carbonyl (C=O) groups excluding carboxylic acids is 1. The second-order valence-electron chi connectivity index (χ2n) is 4.65. The smallest absolute Gasteiger partial charge is 0.349 e. The second kappa shape index (κ2) is 7.61. The van der Waals surface area contributed by atoms with E-state index in [0.29, 0.717) is 10.2 Å². The van der Waals surface area contributed by atoms with Gasteiger partial charge in [0.15, 0.2) is 6.61 Å². The molecule has 0 aliphatic heterocycles. The van der Waals surface area contributed by atoms with Crippen molar-refractivity contribution in [1.29, 1.82) is 0 Å². The summed E-state index contributed by atoms with van der Waals surface area (Å²) < 4.78 is 11.7. The molecule has 120 valence electrons. The van der Waals surface area contributed by atoms with Crippen molar-refractivity contribution >= 4 is 43.8 Å². The van der Waals surface area contributed by atoms with Crippen LogP contribution in [0, 0.1) is 6.92 Å². The standard InChI is InChI=1S/C16H12Br2O5/c1-9-2-4-13(11(17)6-9)22-8-15(19)23-14-5-3-10(16(20)21)7-12(14)18/h2-7H,8H2,1H3,(H,20,21). The summed E-state index contributed by atoms with van der Waals surface area (Å²) in [5.41, 5.74) is 1.16. The van der Waals surface area contributed by atoms with Crippen LogP contribution in [0.3, 0.4) is 0 Å². The van der Waals surface area contributed by atoms with Gasteiger partial charge < -0.3 is 14.6 Å². The van der Waals surface area contributed by atoms with Gasteiger partial charge in [0.25, 0.3) is 0 Å². The molecule has 0 aliphatic carbocycles. The molecule has 23 heavy (non-hydrogen) atoms. The van der Waals surface area contributed by atoms with Gasteiger partial charge in [0.1, 0.15) is 11.5 Å². The molecule has 0 aliphatic rings. The average Bonchev–Trinajstić information content (AvgIpc) is 2.48. The number of esters is 1. The van der Waals surface area contributed by atoms with Crippen molar-refractivity contribution in [3.05, 3.63) is 56.5 Å². The highest BCUT2D eigenvalue weighted by molar-refractivity contribution is 9.10. The van der Waals surface area contributed by atoms with E-state index in [2.05, 4.69) is 31.9 Å². The molecule has 2 aromatic carbocycles. The molecule has 0 spiro atoms. The number of halogens is 2. The first-order valence-electron chi connectivity index (χ1n) is 6.49. The number of carboxylic acid groups (broad SMARTS) is 1. The van der Waals surface area contributed by atoms with Gasteiger partial charge in [-0.2, -0.15) is 0 Å². The molecule has 0 amide bonds. The van der Waals surface area contributed by atoms with Gasteiger partial charge in [-0.15, -0.1) is 0 Å². The van der Waals surface area contributed by atoms with E-state index in [9.17, 15) is 9.59 Å². The van der Waals surface area contributed by atoms with Crippen molar-refractivity contribution < 1.29 is 24.2 Å². The highest BCUT2D eigenvalue weighted by Gasteiger charge is 2.12. The maximum absolute atomic E-state index is 11.8. The third kappa shape index (κ3) is 4.80. The van der Waals surface area contributed by atoms with Gasteiger partial charge in [-0.25, -0.2) is 9.59 Å². The quantitative estimate of drug-likeness (QED) is 0.553. The summed E-state index contributed by atoms with van der Waals surface area (Å²) in [4.78, 5) is 22.7. The van der Waals surface area contributed by atoms with Gasteiger partial charge in [0.05, 0.1) is 14.5 Å². The molecule has 0 aromatic heterocycles. The Kier molecular flexibility index (Phi) is 5.79. The molecular formula is C16H12Br2O5. The van der Waals surface area contributed by atoms with Crippen LogP contribution in [-0.4, -0.2) is 23.7 Å². The van der Waals surface area contributed by atoms with Crippen LogP contribution in [0.2, 0.25) is 0 Å². The number of aryl methyl sites for hydroxylation is 1. The van der Waals surface area contributed by atoms with E-state index in [1.807, 2.05) is 19.1 Å². The summed E-state index contributed by atoms with van der Waals surface area (Å²) in [6.45, 7) is 1.68. The highest BCUT2D eigenvalue weighted by atomic mass is 79.9. The Balaban J connectivity index is 1.98. The number of hydrogen-bond donors (Lipinski definition) is 1. The van der Waals surface area contributed by atoms with Gasteiger partial charge >= 0.3 is 11.9 Å². The summed E-state index contributed by atoms with van der Waals surface area (Å²) in [5, 5.41) is 8.88. The lowest BCUT2D eigenvalue weighted by Gasteiger charge is -2.10. The van der Waals surface area contributed by atoms with Crippen molar-refractivity contribution in [2.45, 2.75) is 6.92 Å². The second-order valence-corrected chi connectivity index (χ2v) is 6.36. The number of benzene rings is 2. The average molecular weight is 444 g/mol. The molecular weight excluding hydrogens is 432 g/mol. The van der Waals surface area contributed by atoms with Crippen LogP contribution in [-0.2, 0) is 4.79 Å². The molecule has 0 saturated carbocycles. The van der Waals surface area contributed by atoms with Gasteiger partial charge in [0.2, 0.25) is 0 Å². The minimum atomic E-state index is -1.06. The molecule has 0 unspecified atom stereocenters. The van der Waals surface area contributed by atoms with Crippen molar-refractivity contribution in [2.24, 2.45) is 0 Å². The number of ether oxygens (including phenoxy) is 2. The summed E-state index contributed by atoms with van der Waals surface area (Å²) in [7, 11) is 0. The Labute approximate surface area is 149 Å². The maximum atomic E-state index is 11.8. The predicted molar refractivity (Wildman–Crippen MR) is 91.1 cm³/mol. The third-order valence-corrected chi connectivity index (χ3v) is 4.07. The van der Waals surface area contributed by atoms with Gasteiger partial charge in [-0.1, -0.05) is 6.07 Å². The van der Waals surface area contributed by atoms with Crippen LogP contribution in [0.4, 0.5) is 0 Å². The number of hydrogen-bond acceptors (Lipinski definition) is 4. The molecule has 7 heteroatoms. The van der Waals surface area contributed by atoms with Crippen LogP contribution >= 0.6 is 31.9 Å². The number of rotatable bonds is 5. The zero-order valence-corrected chi connectivity index (χ0v) is 15.2. The topological polar surface area (TPSA) is 72.8 Å². The van der Waals surface area contributed by atoms with Crippen molar-refractivity contribution in [3.8, 4) is 11.5 Å². The zero-order chi connectivity index (χ0) is 17.0. The van der Waals surface area contributed by atoms with Crippen molar-refractivity contribution in [1.82, 2.24) is 0 Å². The van der Waals surface area contributed by atoms with E-state index in [1.54, 1.807) is 6.07 Å². The first-order chi connectivity index (χ1) is 10.9. The third-order valence-electron chi connectivity index (χ3n) is 2.84. The molecule has 0 saturated heterocycles. The van der Waals surface area contributed by atoms with Gasteiger partial charge in [0, 0.05) is 0 Å². The Morgan fingerprint density at radius 3 is 2.30 bits per heavy atom. The molecule has 0 fully saturated rings. The summed E-state index contributed by atoms with van der Waals surface area (Å²) in [5.74, 6) is -0.892. The number of carboxylic acids is 1. The molecule has 0 radical (unpaired) electrons. The van der Waals surface area contributed by atoms with E-state index in [1.165, 1.54) is 18.2 Å². The lowest BCUT2D eigenvalue weighted by Crippen LogP contribution is -2.18. The van der Waals surface area contributed by atoms with Crippen LogP contribution in [0.1, 0.15) is 15.9 Å². The van der Waals surface area contributed by atoms with Crippen LogP contribution in [0.25, 0.3) is 0 Å². The van der Waals surface area contributed by atoms with Gasteiger partial charge in [-0.3, -0.25) is 0 Å². The monoisotopic (exact) mass is 442 g/mol. The number of aromatic carboxylic acids is 1. The molecule has 0 atom stereocenters. The minimum Gasteiger partial charge on any atom is -0.481 e. The maximum Gasteiger partial charge on any atom is 0.349 e. The van der Waals surface area contributed by atoms with E-state index >= 15 is 0 Å². The largest absolute Gasteiger partial charge is 0.481 e. The normalized spacial score (nSPS) is 10.2. The molecule has 2 aromatic rings. The highest BCUT2D eigenvalue weighted by Crippen LogP contribution is 2.27. The van der Waals surface area contributed by atoms with Crippen LogP contribution in [0.5, 0.6) is 11.5 Å². The fraction of sp³-hybridized carbons (Fsp3) is 0.125. The lowest BCUT2D eigenvalue weighted by molar-refractivity contribution is -0.136. The molecule has 1 N–H and O–H groups in total. The summed E-state index contributed by atoms with van der Waals surface area (Å²) >= 11 is 6.53. The van der Waals surface area contributed by atoms with Crippen molar-refractivity contribution in [3.63, 3.8) is 0 Å².